The van der Waals surface area contributed by atoms with Crippen molar-refractivity contribution in [2.24, 2.45) is 13.0 Å². The van der Waals surface area contributed by atoms with E-state index in [4.69, 9.17) is 5.11 Å². The third-order valence-electron chi connectivity index (χ3n) is 3.08. The van der Waals surface area contributed by atoms with E-state index in [1.54, 1.807) is 0 Å². The van der Waals surface area contributed by atoms with Crippen molar-refractivity contribution in [1.29, 1.82) is 0 Å². The molecule has 1 rings (SSSR count). The first-order valence-electron chi connectivity index (χ1n) is 6.59. The highest BCUT2D eigenvalue weighted by molar-refractivity contribution is 5.75. The molecule has 0 aliphatic heterocycles. The van der Waals surface area contributed by atoms with Gasteiger partial charge in [-0.05, 0) is 18.8 Å². The molecule has 0 bridgehead atoms. The van der Waals surface area contributed by atoms with E-state index in [1.807, 2.05) is 6.92 Å². The molecule has 1 aromatic heterocycles. The number of aromatic nitrogens is 2. The van der Waals surface area contributed by atoms with Crippen LogP contribution in [0.2, 0.25) is 0 Å². The summed E-state index contributed by atoms with van der Waals surface area (Å²) in [7, 11) is 1.37. The van der Waals surface area contributed by atoms with Crippen LogP contribution in [0.25, 0.3) is 0 Å². The highest BCUT2D eigenvalue weighted by Crippen LogP contribution is 2.02. The van der Waals surface area contributed by atoms with E-state index in [0.717, 1.165) is 17.4 Å². The molecule has 1 atom stereocenters. The molecule has 1 unspecified atom stereocenters. The maximum absolute atomic E-state index is 11.7. The van der Waals surface area contributed by atoms with Crippen molar-refractivity contribution in [3.8, 4) is 0 Å². The minimum atomic E-state index is -0.512. The van der Waals surface area contributed by atoms with Crippen LogP contribution in [0.15, 0.2) is 21.9 Å². The second-order valence-electron chi connectivity index (χ2n) is 4.90. The van der Waals surface area contributed by atoms with Gasteiger partial charge >= 0.3 is 5.69 Å². The van der Waals surface area contributed by atoms with Crippen LogP contribution in [0.3, 0.4) is 0 Å². The van der Waals surface area contributed by atoms with Gasteiger partial charge in [0.2, 0.25) is 5.91 Å². The van der Waals surface area contributed by atoms with Crippen molar-refractivity contribution in [1.82, 2.24) is 14.5 Å². The van der Waals surface area contributed by atoms with Crippen molar-refractivity contribution >= 4 is 5.91 Å². The van der Waals surface area contributed by atoms with Gasteiger partial charge in [-0.3, -0.25) is 18.7 Å². The summed E-state index contributed by atoms with van der Waals surface area (Å²) in [6.07, 6.45) is 2.92. The maximum Gasteiger partial charge on any atom is 0.331 e. The van der Waals surface area contributed by atoms with Gasteiger partial charge in [-0.15, -0.1) is 0 Å². The Labute approximate surface area is 116 Å². The topological polar surface area (TPSA) is 93.3 Å². The van der Waals surface area contributed by atoms with Gasteiger partial charge in [0.1, 0.15) is 6.54 Å². The average molecular weight is 283 g/mol. The first-order valence-corrected chi connectivity index (χ1v) is 6.59. The summed E-state index contributed by atoms with van der Waals surface area (Å²) < 4.78 is 2.14. The van der Waals surface area contributed by atoms with E-state index in [-0.39, 0.29) is 25.0 Å². The predicted molar refractivity (Wildman–Crippen MR) is 74.4 cm³/mol. The maximum atomic E-state index is 11.7. The third-order valence-corrected chi connectivity index (χ3v) is 3.08. The molecule has 7 nitrogen and oxygen atoms in total. The molecule has 0 saturated heterocycles. The number of amides is 1. The summed E-state index contributed by atoms with van der Waals surface area (Å²) in [6, 6.07) is 1.25. The summed E-state index contributed by atoms with van der Waals surface area (Å²) in [6.45, 7) is 2.47. The van der Waals surface area contributed by atoms with Crippen molar-refractivity contribution in [3.63, 3.8) is 0 Å². The lowest BCUT2D eigenvalue weighted by molar-refractivity contribution is -0.121. The number of hydrogen-bond acceptors (Lipinski definition) is 4. The number of nitrogens with zero attached hydrogens (tertiary/aromatic N) is 2. The molecule has 0 aliphatic rings. The molecular formula is C13H21N3O4. The Morgan fingerprint density at radius 1 is 1.45 bits per heavy atom. The highest BCUT2D eigenvalue weighted by atomic mass is 16.3. The molecule has 0 fully saturated rings. The fourth-order valence-electron chi connectivity index (χ4n) is 1.72. The minimum absolute atomic E-state index is 0.109. The predicted octanol–water partition coefficient (Wildman–Crippen LogP) is -0.928. The Bertz CT molecular complexity index is 561. The fourth-order valence-corrected chi connectivity index (χ4v) is 1.72. The summed E-state index contributed by atoms with van der Waals surface area (Å²) in [5, 5.41) is 11.6. The first kappa shape index (κ1) is 16.2. The summed E-state index contributed by atoms with van der Waals surface area (Å²) in [5.41, 5.74) is -0.911. The van der Waals surface area contributed by atoms with Gasteiger partial charge in [-0.25, -0.2) is 4.79 Å². The Kier molecular flexibility index (Phi) is 6.17. The average Bonchev–Trinajstić information content (AvgIpc) is 2.44. The van der Waals surface area contributed by atoms with Crippen LogP contribution < -0.4 is 16.6 Å². The second-order valence-corrected chi connectivity index (χ2v) is 4.90. The molecule has 1 amide bonds. The van der Waals surface area contributed by atoms with Crippen LogP contribution in [-0.2, 0) is 18.4 Å². The summed E-state index contributed by atoms with van der Waals surface area (Å²) >= 11 is 0. The molecule has 0 saturated carbocycles. The lowest BCUT2D eigenvalue weighted by Gasteiger charge is -2.09. The standard InChI is InChI=1S/C13H21N3O4/c1-10(9-17)4-3-6-14-11(18)8-16-7-5-12(19)15(2)13(16)20/h5,7,10,17H,3-4,6,8-9H2,1-2H3,(H,14,18). The van der Waals surface area contributed by atoms with Crippen LogP contribution in [0.4, 0.5) is 0 Å². The zero-order valence-corrected chi connectivity index (χ0v) is 11.8. The number of hydrogen-bond donors (Lipinski definition) is 2. The van der Waals surface area contributed by atoms with Crippen molar-refractivity contribution in [2.75, 3.05) is 13.2 Å². The van der Waals surface area contributed by atoms with Gasteiger partial charge < -0.3 is 10.4 Å². The van der Waals surface area contributed by atoms with Crippen molar-refractivity contribution < 1.29 is 9.90 Å². The zero-order valence-electron chi connectivity index (χ0n) is 11.8. The molecule has 112 valence electrons. The minimum Gasteiger partial charge on any atom is -0.396 e. The number of carbonyl (C=O) groups is 1. The zero-order chi connectivity index (χ0) is 15.1. The molecule has 1 aromatic rings. The lowest BCUT2D eigenvalue weighted by atomic mass is 10.1. The van der Waals surface area contributed by atoms with Gasteiger partial charge in [-0.2, -0.15) is 0 Å². The highest BCUT2D eigenvalue weighted by Gasteiger charge is 2.06. The number of rotatable bonds is 7. The molecule has 2 N–H and O–H groups in total. The molecule has 1 heterocycles. The van der Waals surface area contributed by atoms with Crippen molar-refractivity contribution in [3.05, 3.63) is 33.1 Å². The Balaban J connectivity index is 2.46. The smallest absolute Gasteiger partial charge is 0.331 e. The normalized spacial score (nSPS) is 12.2. The number of carbonyl (C=O) groups excluding carboxylic acids is 1. The van der Waals surface area contributed by atoms with Gasteiger partial charge in [0.25, 0.3) is 5.56 Å². The van der Waals surface area contributed by atoms with Gasteiger partial charge in [-0.1, -0.05) is 6.92 Å². The molecule has 0 radical (unpaired) electrons. The number of aliphatic hydroxyl groups is 1. The monoisotopic (exact) mass is 283 g/mol. The van der Waals surface area contributed by atoms with Crippen LogP contribution in [-0.4, -0.2) is 33.3 Å². The van der Waals surface area contributed by atoms with E-state index >= 15 is 0 Å². The molecule has 0 aliphatic carbocycles. The number of aliphatic hydroxyl groups excluding tert-OH is 1. The second kappa shape index (κ2) is 7.64. The molecule has 0 aromatic carbocycles. The molecular weight excluding hydrogens is 262 g/mol. The van der Waals surface area contributed by atoms with Crippen LogP contribution >= 0.6 is 0 Å². The van der Waals surface area contributed by atoms with Gasteiger partial charge in [0.05, 0.1) is 0 Å². The SMILES string of the molecule is CC(CO)CCCNC(=O)Cn1ccc(=O)n(C)c1=O. The fraction of sp³-hybridized carbons (Fsp3) is 0.615. The van der Waals surface area contributed by atoms with E-state index in [1.165, 1.54) is 23.9 Å². The van der Waals surface area contributed by atoms with Crippen LogP contribution in [0, 0.1) is 5.92 Å². The van der Waals surface area contributed by atoms with Gasteiger partial charge in [0, 0.05) is 32.5 Å². The largest absolute Gasteiger partial charge is 0.396 e. The lowest BCUT2D eigenvalue weighted by Crippen LogP contribution is -2.40. The molecule has 7 heteroatoms. The quantitative estimate of drug-likeness (QED) is 0.632. The number of nitrogens with one attached hydrogen (secondary N) is 1. The Morgan fingerprint density at radius 2 is 2.15 bits per heavy atom. The first-order chi connectivity index (χ1) is 9.45. The molecule has 20 heavy (non-hydrogen) atoms. The third kappa shape index (κ3) is 4.65. The van der Waals surface area contributed by atoms with E-state index in [9.17, 15) is 14.4 Å². The van der Waals surface area contributed by atoms with Crippen LogP contribution in [0.5, 0.6) is 0 Å². The van der Waals surface area contributed by atoms with E-state index < -0.39 is 11.2 Å². The van der Waals surface area contributed by atoms with E-state index in [2.05, 4.69) is 5.32 Å². The summed E-state index contributed by atoms with van der Waals surface area (Å²) in [5.74, 6) is -0.0550. The van der Waals surface area contributed by atoms with E-state index in [0.29, 0.717) is 6.54 Å². The summed E-state index contributed by atoms with van der Waals surface area (Å²) in [4.78, 5) is 34.6. The molecule has 0 spiro atoms. The van der Waals surface area contributed by atoms with Crippen LogP contribution in [0.1, 0.15) is 19.8 Å². The van der Waals surface area contributed by atoms with Gasteiger partial charge in [0.15, 0.2) is 0 Å². The Hall–Kier alpha value is -1.89. The Morgan fingerprint density at radius 3 is 2.80 bits per heavy atom. The van der Waals surface area contributed by atoms with Crippen molar-refractivity contribution in [2.45, 2.75) is 26.3 Å².